The van der Waals surface area contributed by atoms with Crippen LogP contribution in [0.2, 0.25) is 0 Å². The van der Waals surface area contributed by atoms with Gasteiger partial charge in [0, 0.05) is 14.1 Å². The molecule has 0 saturated carbocycles. The van der Waals surface area contributed by atoms with Crippen LogP contribution < -0.4 is 19.2 Å². The number of nitrogens with zero attached hydrogens (tertiary/aromatic N) is 7. The van der Waals surface area contributed by atoms with Gasteiger partial charge in [0.05, 0.1) is 30.2 Å². The Morgan fingerprint density at radius 2 is 1.34 bits per heavy atom. The van der Waals surface area contributed by atoms with Crippen LogP contribution in [0.3, 0.4) is 0 Å². The number of imidazole rings is 1. The van der Waals surface area contributed by atoms with E-state index in [1.807, 2.05) is 119 Å². The first-order valence-corrected chi connectivity index (χ1v) is 18.8. The van der Waals surface area contributed by atoms with Gasteiger partial charge in [-0.05, 0) is 37.1 Å². The predicted molar refractivity (Wildman–Crippen MR) is 184 cm³/mol. The summed E-state index contributed by atoms with van der Waals surface area (Å²) in [6.45, 7) is 1.68. The van der Waals surface area contributed by atoms with Crippen molar-refractivity contribution >= 4 is 55.4 Å². The molecule has 0 aliphatic carbocycles. The third kappa shape index (κ3) is 9.32. The molecule has 2 heterocycles. The molecule has 2 N–H and O–H groups in total. The quantitative estimate of drug-likeness (QED) is 0.0775. The minimum absolute atomic E-state index is 0.0704. The summed E-state index contributed by atoms with van der Waals surface area (Å²) in [5, 5.41) is 11.9. The zero-order chi connectivity index (χ0) is 34.2. The third-order valence-corrected chi connectivity index (χ3v) is 11.4. The first-order valence-electron chi connectivity index (χ1n) is 14.9. The molecule has 0 fully saturated rings. The smallest absolute Gasteiger partial charge is 0.285 e. The fraction of sp³-hybridized carbons (Fsp3) is 0.355. The molecule has 4 rings (SSSR count). The Bertz CT molecular complexity index is 1880. The molecule has 13 nitrogen and oxygen atoms in total. The van der Waals surface area contributed by atoms with E-state index in [-0.39, 0.29) is 25.7 Å². The lowest BCUT2D eigenvalue weighted by molar-refractivity contribution is -0.944. The van der Waals surface area contributed by atoms with E-state index in [4.69, 9.17) is 0 Å². The highest BCUT2D eigenvalue weighted by Gasteiger charge is 2.42. The van der Waals surface area contributed by atoms with Gasteiger partial charge >= 0.3 is 12.0 Å². The number of aryl methyl sites for hydroxylation is 1. The highest BCUT2D eigenvalue weighted by Crippen LogP contribution is 2.24. The van der Waals surface area contributed by atoms with Gasteiger partial charge < -0.3 is 0 Å². The van der Waals surface area contributed by atoms with Gasteiger partial charge in [-0.15, -0.1) is 4.57 Å². The van der Waals surface area contributed by atoms with Gasteiger partial charge in [0.1, 0.15) is 35.3 Å². The van der Waals surface area contributed by atoms with Crippen LogP contribution in [0, 0.1) is 0 Å². The molecule has 4 aromatic rings. The van der Waals surface area contributed by atoms with E-state index in [0.717, 1.165) is 16.4 Å². The lowest BCUT2D eigenvalue weighted by Crippen LogP contribution is -2.59. The standard InChI is InChI=1S/C31H39N7O6S3/c1-5-12-27(46(39,40)41)28(47(42,43)44)17-18-29(38-21-22-45-31(38)24-33-36(4)26-15-10-7-11-16-26)37-20-19-34(2)30(37)23-32-35(3)25-13-8-6-9-14-25/h6-11,13-16,19-24,27-29H,5,12,17-18H2,1-4H3/p+2. The average molecular weight is 704 g/mol. The Kier molecular flexibility index (Phi) is 12.0. The lowest BCUT2D eigenvalue weighted by Gasteiger charge is -2.22. The summed E-state index contributed by atoms with van der Waals surface area (Å²) in [7, 11) is -4.15. The summed E-state index contributed by atoms with van der Waals surface area (Å²) in [5.41, 5.74) is 1.75. The summed E-state index contributed by atoms with van der Waals surface area (Å²) in [6.07, 6.45) is 8.23. The van der Waals surface area contributed by atoms with E-state index in [2.05, 4.69) is 10.2 Å². The molecule has 0 spiro atoms. The summed E-state index contributed by atoms with van der Waals surface area (Å²) < 4.78 is 75.7. The number of hydrogen-bond donors (Lipinski definition) is 2. The number of rotatable bonds is 16. The van der Waals surface area contributed by atoms with Crippen molar-refractivity contribution in [2.45, 2.75) is 49.3 Å². The van der Waals surface area contributed by atoms with Crippen molar-refractivity contribution in [2.75, 3.05) is 24.1 Å². The zero-order valence-electron chi connectivity index (χ0n) is 26.7. The number of benzene rings is 2. The van der Waals surface area contributed by atoms with Crippen LogP contribution in [-0.4, -0.2) is 67.5 Å². The van der Waals surface area contributed by atoms with Gasteiger partial charge in [-0.2, -0.15) is 31.6 Å². The summed E-state index contributed by atoms with van der Waals surface area (Å²) in [6, 6.07) is 19.2. The van der Waals surface area contributed by atoms with E-state index in [1.54, 1.807) is 29.4 Å². The van der Waals surface area contributed by atoms with Gasteiger partial charge in [0.15, 0.2) is 6.20 Å². The fourth-order valence-electron chi connectivity index (χ4n) is 5.32. The number of thiazole rings is 1. The number of aromatic nitrogens is 3. The molecule has 0 bridgehead atoms. The Morgan fingerprint density at radius 1 is 0.809 bits per heavy atom. The third-order valence-electron chi connectivity index (χ3n) is 7.79. The second kappa shape index (κ2) is 15.8. The van der Waals surface area contributed by atoms with Crippen molar-refractivity contribution in [3.63, 3.8) is 0 Å². The molecular formula is C31H41N7O6S3+2. The van der Waals surface area contributed by atoms with E-state index in [9.17, 15) is 25.9 Å². The first kappa shape index (κ1) is 35.9. The molecule has 0 aliphatic heterocycles. The van der Waals surface area contributed by atoms with Crippen molar-refractivity contribution in [3.8, 4) is 0 Å². The molecule has 16 heteroatoms. The van der Waals surface area contributed by atoms with Crippen LogP contribution in [0.25, 0.3) is 0 Å². The van der Waals surface area contributed by atoms with Crippen molar-refractivity contribution < 1.29 is 35.1 Å². The highest BCUT2D eigenvalue weighted by molar-refractivity contribution is 7.90. The van der Waals surface area contributed by atoms with Crippen LogP contribution in [0.15, 0.2) is 94.8 Å². The molecule has 47 heavy (non-hydrogen) atoms. The Balaban J connectivity index is 1.77. The Labute approximate surface area is 280 Å². The molecule has 0 radical (unpaired) electrons. The topological polar surface area (TPSA) is 153 Å². The van der Waals surface area contributed by atoms with E-state index < -0.39 is 36.9 Å². The van der Waals surface area contributed by atoms with Crippen LogP contribution in [-0.2, 0) is 27.3 Å². The fourth-order valence-corrected chi connectivity index (χ4v) is 8.91. The second-order valence-corrected chi connectivity index (χ2v) is 15.2. The lowest BCUT2D eigenvalue weighted by atomic mass is 10.1. The molecule has 0 saturated heterocycles. The van der Waals surface area contributed by atoms with Crippen LogP contribution in [0.1, 0.15) is 49.6 Å². The average Bonchev–Trinajstić information content (AvgIpc) is 3.66. The predicted octanol–water partition coefficient (Wildman–Crippen LogP) is 3.74. The molecular weight excluding hydrogens is 663 g/mol. The maximum absolute atomic E-state index is 12.6. The molecule has 2 aromatic carbocycles. The second-order valence-electron chi connectivity index (χ2n) is 11.0. The molecule has 252 valence electrons. The van der Waals surface area contributed by atoms with Crippen molar-refractivity contribution in [1.29, 1.82) is 0 Å². The molecule has 0 aliphatic rings. The van der Waals surface area contributed by atoms with Crippen LogP contribution >= 0.6 is 11.3 Å². The summed E-state index contributed by atoms with van der Waals surface area (Å²) >= 11 is 1.42. The van der Waals surface area contributed by atoms with E-state index in [1.165, 1.54) is 11.3 Å². The number of hydrogen-bond acceptors (Lipinski definition) is 9. The van der Waals surface area contributed by atoms with E-state index >= 15 is 0 Å². The van der Waals surface area contributed by atoms with Crippen LogP contribution in [0.5, 0.6) is 0 Å². The van der Waals surface area contributed by atoms with Crippen molar-refractivity contribution in [3.05, 3.63) is 95.5 Å². The molecule has 3 atom stereocenters. The molecule has 2 aromatic heterocycles. The van der Waals surface area contributed by atoms with Crippen LogP contribution in [0.4, 0.5) is 11.4 Å². The highest BCUT2D eigenvalue weighted by atomic mass is 32.2. The molecule has 0 amide bonds. The number of hydrazone groups is 2. The summed E-state index contributed by atoms with van der Waals surface area (Å²) in [4.78, 5) is 0. The largest absolute Gasteiger partial charge is 0.307 e. The maximum atomic E-state index is 12.6. The van der Waals surface area contributed by atoms with Gasteiger partial charge in [0.2, 0.25) is 0 Å². The number of para-hydroxylation sites is 2. The molecule has 3 unspecified atom stereocenters. The first-order chi connectivity index (χ1) is 22.3. The van der Waals surface area contributed by atoms with Crippen molar-refractivity contribution in [2.24, 2.45) is 17.3 Å². The monoisotopic (exact) mass is 703 g/mol. The minimum atomic E-state index is -4.86. The Morgan fingerprint density at radius 3 is 1.87 bits per heavy atom. The maximum Gasteiger partial charge on any atom is 0.307 e. The SMILES string of the molecule is CCCC(C(CCC([n+]1ccsc1C=NN(C)c1ccccc1)[n+]1ccn(C)c1C=NN(C)c1ccccc1)S(=O)(=O)O)S(=O)(=O)O. The van der Waals surface area contributed by atoms with Gasteiger partial charge in [-0.25, -0.2) is 4.57 Å². The number of anilines is 2. The van der Waals surface area contributed by atoms with Crippen molar-refractivity contribution in [1.82, 2.24) is 4.57 Å². The normalized spacial score (nSPS) is 14.4. The minimum Gasteiger partial charge on any atom is -0.285 e. The van der Waals surface area contributed by atoms with E-state index in [0.29, 0.717) is 5.82 Å². The van der Waals surface area contributed by atoms with Gasteiger partial charge in [0.25, 0.3) is 25.2 Å². The summed E-state index contributed by atoms with van der Waals surface area (Å²) in [5.74, 6) is 0.657. The Hall–Kier alpha value is -3.96. The van der Waals surface area contributed by atoms with Gasteiger partial charge in [-0.3, -0.25) is 19.1 Å². The zero-order valence-corrected chi connectivity index (χ0v) is 29.1. The van der Waals surface area contributed by atoms with Gasteiger partial charge in [-0.1, -0.05) is 61.1 Å².